The molecule has 1 saturated carbocycles. The van der Waals surface area contributed by atoms with Crippen LogP contribution in [-0.4, -0.2) is 20.9 Å². The van der Waals surface area contributed by atoms with Gasteiger partial charge in [-0.25, -0.2) is 0 Å². The monoisotopic (exact) mass is 194 g/mol. The van der Waals surface area contributed by atoms with E-state index >= 15 is 0 Å². The zero-order valence-corrected chi connectivity index (χ0v) is 8.40. The second kappa shape index (κ2) is 3.12. The molecule has 1 N–H and O–H groups in total. The van der Waals surface area contributed by atoms with E-state index in [0.717, 1.165) is 0 Å². The Morgan fingerprint density at radius 2 is 2.36 bits per heavy atom. The molecule has 1 aromatic rings. The Bertz CT molecular complexity index is 366. The Labute approximate surface area is 82.5 Å². The highest BCUT2D eigenvalue weighted by Crippen LogP contribution is 2.40. The SMILES string of the molecule is CC(C(=O)O)c1cc(C2CC2)n(C)n1. The van der Waals surface area contributed by atoms with Crippen LogP contribution in [0.2, 0.25) is 0 Å². The minimum atomic E-state index is -0.814. The first-order chi connectivity index (χ1) is 6.59. The Morgan fingerprint density at radius 3 is 2.86 bits per heavy atom. The fourth-order valence-electron chi connectivity index (χ4n) is 1.60. The molecule has 0 spiro atoms. The van der Waals surface area contributed by atoms with Crippen LogP contribution in [0.1, 0.15) is 43.0 Å². The molecule has 1 unspecified atom stereocenters. The van der Waals surface area contributed by atoms with Crippen LogP contribution in [0, 0.1) is 0 Å². The summed E-state index contributed by atoms with van der Waals surface area (Å²) in [5.41, 5.74) is 1.84. The van der Waals surface area contributed by atoms with Crippen LogP contribution < -0.4 is 0 Å². The average molecular weight is 194 g/mol. The van der Waals surface area contributed by atoms with E-state index in [-0.39, 0.29) is 0 Å². The largest absolute Gasteiger partial charge is 0.481 e. The van der Waals surface area contributed by atoms with E-state index in [0.29, 0.717) is 11.6 Å². The highest BCUT2D eigenvalue weighted by atomic mass is 16.4. The number of aromatic nitrogens is 2. The molecule has 1 aliphatic carbocycles. The first-order valence-corrected chi connectivity index (χ1v) is 4.86. The molecule has 4 nitrogen and oxygen atoms in total. The van der Waals surface area contributed by atoms with Gasteiger partial charge in [-0.3, -0.25) is 9.48 Å². The van der Waals surface area contributed by atoms with Gasteiger partial charge in [-0.05, 0) is 25.8 Å². The van der Waals surface area contributed by atoms with E-state index in [9.17, 15) is 4.79 Å². The number of nitrogens with zero attached hydrogens (tertiary/aromatic N) is 2. The van der Waals surface area contributed by atoms with Crippen LogP contribution in [-0.2, 0) is 11.8 Å². The molecule has 1 fully saturated rings. The van der Waals surface area contributed by atoms with Gasteiger partial charge >= 0.3 is 5.97 Å². The fraction of sp³-hybridized carbons (Fsp3) is 0.600. The van der Waals surface area contributed by atoms with Gasteiger partial charge in [-0.2, -0.15) is 5.10 Å². The normalized spacial score (nSPS) is 18.1. The molecule has 0 aromatic carbocycles. The van der Waals surface area contributed by atoms with E-state index in [1.165, 1.54) is 18.5 Å². The van der Waals surface area contributed by atoms with E-state index in [1.807, 2.05) is 17.8 Å². The molecule has 76 valence electrons. The van der Waals surface area contributed by atoms with Crippen molar-refractivity contribution in [2.45, 2.75) is 31.6 Å². The van der Waals surface area contributed by atoms with Gasteiger partial charge in [0.05, 0.1) is 11.6 Å². The van der Waals surface area contributed by atoms with Crippen LogP contribution in [0.4, 0.5) is 0 Å². The maximum atomic E-state index is 10.8. The summed E-state index contributed by atoms with van der Waals surface area (Å²) in [6.07, 6.45) is 2.42. The Morgan fingerprint density at radius 1 is 1.71 bits per heavy atom. The van der Waals surface area contributed by atoms with Crippen molar-refractivity contribution in [1.82, 2.24) is 9.78 Å². The van der Waals surface area contributed by atoms with E-state index in [4.69, 9.17) is 5.11 Å². The first kappa shape index (κ1) is 9.24. The summed E-state index contributed by atoms with van der Waals surface area (Å²) in [6, 6.07) is 1.93. The average Bonchev–Trinajstić information content (AvgIpc) is 2.89. The smallest absolute Gasteiger partial charge is 0.312 e. The van der Waals surface area contributed by atoms with Crippen molar-refractivity contribution in [1.29, 1.82) is 0 Å². The van der Waals surface area contributed by atoms with Gasteiger partial charge in [0, 0.05) is 18.7 Å². The van der Waals surface area contributed by atoms with E-state index in [2.05, 4.69) is 5.10 Å². The Balaban J connectivity index is 2.27. The van der Waals surface area contributed by atoms with Gasteiger partial charge in [-0.15, -0.1) is 0 Å². The zero-order valence-electron chi connectivity index (χ0n) is 8.40. The molecular weight excluding hydrogens is 180 g/mol. The van der Waals surface area contributed by atoms with Gasteiger partial charge in [-0.1, -0.05) is 0 Å². The molecule has 0 amide bonds. The number of hydrogen-bond donors (Lipinski definition) is 1. The third kappa shape index (κ3) is 1.52. The first-order valence-electron chi connectivity index (χ1n) is 4.86. The number of carboxylic acids is 1. The van der Waals surface area contributed by atoms with Gasteiger partial charge in [0.25, 0.3) is 0 Å². The second-order valence-electron chi connectivity index (χ2n) is 3.95. The van der Waals surface area contributed by atoms with Gasteiger partial charge in [0.1, 0.15) is 0 Å². The minimum absolute atomic E-state index is 0.506. The highest BCUT2D eigenvalue weighted by molar-refractivity contribution is 5.74. The zero-order chi connectivity index (χ0) is 10.3. The van der Waals surface area contributed by atoms with Crippen molar-refractivity contribution >= 4 is 5.97 Å². The lowest BCUT2D eigenvalue weighted by Crippen LogP contribution is -2.08. The van der Waals surface area contributed by atoms with Crippen LogP contribution >= 0.6 is 0 Å². The van der Waals surface area contributed by atoms with Crippen molar-refractivity contribution in [2.24, 2.45) is 7.05 Å². The van der Waals surface area contributed by atoms with Crippen molar-refractivity contribution in [2.75, 3.05) is 0 Å². The topological polar surface area (TPSA) is 55.1 Å². The molecule has 2 rings (SSSR count). The number of rotatable bonds is 3. The molecule has 1 aromatic heterocycles. The summed E-state index contributed by atoms with van der Waals surface area (Å²) >= 11 is 0. The maximum absolute atomic E-state index is 10.8. The summed E-state index contributed by atoms with van der Waals surface area (Å²) < 4.78 is 1.81. The summed E-state index contributed by atoms with van der Waals surface area (Å²) in [5.74, 6) is -0.707. The molecule has 0 aliphatic heterocycles. The molecule has 4 heteroatoms. The van der Waals surface area contributed by atoms with Crippen LogP contribution in [0.25, 0.3) is 0 Å². The Kier molecular flexibility index (Phi) is 2.06. The maximum Gasteiger partial charge on any atom is 0.312 e. The molecule has 14 heavy (non-hydrogen) atoms. The van der Waals surface area contributed by atoms with Crippen LogP contribution in [0.3, 0.4) is 0 Å². The van der Waals surface area contributed by atoms with Crippen molar-refractivity contribution in [3.8, 4) is 0 Å². The predicted octanol–water partition coefficient (Wildman–Crippen LogP) is 1.49. The quantitative estimate of drug-likeness (QED) is 0.793. The molecule has 0 bridgehead atoms. The summed E-state index contributed by atoms with van der Waals surface area (Å²) in [6.45, 7) is 1.67. The van der Waals surface area contributed by atoms with Gasteiger partial charge in [0.15, 0.2) is 0 Å². The van der Waals surface area contributed by atoms with Crippen LogP contribution in [0.5, 0.6) is 0 Å². The molecule has 1 atom stereocenters. The van der Waals surface area contributed by atoms with Crippen molar-refractivity contribution < 1.29 is 9.90 Å². The lowest BCUT2D eigenvalue weighted by atomic mass is 10.1. The van der Waals surface area contributed by atoms with Crippen molar-refractivity contribution in [3.63, 3.8) is 0 Å². The molecule has 0 radical (unpaired) electrons. The third-order valence-corrected chi connectivity index (χ3v) is 2.74. The lowest BCUT2D eigenvalue weighted by molar-refractivity contribution is -0.138. The lowest BCUT2D eigenvalue weighted by Gasteiger charge is -1.99. The minimum Gasteiger partial charge on any atom is -0.481 e. The molecule has 1 heterocycles. The standard InChI is InChI=1S/C10H14N2O2/c1-6(10(13)14)8-5-9(7-3-4-7)12(2)11-8/h5-7H,3-4H2,1-2H3,(H,13,14). The highest BCUT2D eigenvalue weighted by Gasteiger charge is 2.28. The number of hydrogen-bond acceptors (Lipinski definition) is 2. The van der Waals surface area contributed by atoms with E-state index < -0.39 is 11.9 Å². The number of carboxylic acid groups (broad SMARTS) is 1. The second-order valence-corrected chi connectivity index (χ2v) is 3.95. The number of aliphatic carboxylic acids is 1. The third-order valence-electron chi connectivity index (χ3n) is 2.74. The number of carbonyl (C=O) groups is 1. The van der Waals surface area contributed by atoms with Crippen molar-refractivity contribution in [3.05, 3.63) is 17.5 Å². The fourth-order valence-corrected chi connectivity index (χ4v) is 1.60. The summed E-state index contributed by atoms with van der Waals surface area (Å²) in [7, 11) is 1.88. The van der Waals surface area contributed by atoms with Gasteiger partial charge < -0.3 is 5.11 Å². The molecule has 1 aliphatic rings. The van der Waals surface area contributed by atoms with E-state index in [1.54, 1.807) is 6.92 Å². The molecule has 0 saturated heterocycles. The predicted molar refractivity (Wildman–Crippen MR) is 51.2 cm³/mol. The van der Waals surface area contributed by atoms with Crippen LogP contribution in [0.15, 0.2) is 6.07 Å². The summed E-state index contributed by atoms with van der Waals surface area (Å²) in [4.78, 5) is 10.8. The summed E-state index contributed by atoms with van der Waals surface area (Å²) in [5, 5.41) is 13.1. The number of aryl methyl sites for hydroxylation is 1. The van der Waals surface area contributed by atoms with Gasteiger partial charge in [0.2, 0.25) is 0 Å². The molecular formula is C10H14N2O2. The Hall–Kier alpha value is -1.32.